The van der Waals surface area contributed by atoms with Crippen molar-refractivity contribution >= 4 is 11.3 Å². The molecule has 1 radical (unpaired) electrons. The largest absolute Gasteiger partial charge is 0.378 e. The molecule has 4 heteroatoms. The van der Waals surface area contributed by atoms with Gasteiger partial charge < -0.3 is 4.90 Å². The first kappa shape index (κ1) is 14.5. The molecule has 0 aliphatic carbocycles. The van der Waals surface area contributed by atoms with Gasteiger partial charge in [0.1, 0.15) is 0 Å². The third-order valence-corrected chi connectivity index (χ3v) is 4.09. The van der Waals surface area contributed by atoms with Crippen molar-refractivity contribution in [2.45, 2.75) is 0 Å². The van der Waals surface area contributed by atoms with Crippen LogP contribution >= 0.6 is 0 Å². The van der Waals surface area contributed by atoms with E-state index in [1.807, 2.05) is 57.0 Å². The summed E-state index contributed by atoms with van der Waals surface area (Å²) in [6, 6.07) is 19.3. The van der Waals surface area contributed by atoms with Crippen LogP contribution in [0.2, 0.25) is 0 Å². The maximum Gasteiger partial charge on any atom is 0.155 e. The first-order valence-corrected chi connectivity index (χ1v) is 7.80. The average Bonchev–Trinajstić information content (AvgIpc) is 3.05. The van der Waals surface area contributed by atoms with Gasteiger partial charge in [-0.15, -0.1) is 0 Å². The van der Waals surface area contributed by atoms with Gasteiger partial charge in [0.2, 0.25) is 0 Å². The molecule has 0 N–H and O–H groups in total. The Labute approximate surface area is 141 Å². The Balaban J connectivity index is 1.81. The summed E-state index contributed by atoms with van der Waals surface area (Å²) in [6.45, 7) is 0. The Kier molecular flexibility index (Phi) is 3.50. The van der Waals surface area contributed by atoms with E-state index in [0.717, 1.165) is 28.2 Å². The molecule has 0 saturated carbocycles. The number of imidazole rings is 1. The second-order valence-electron chi connectivity index (χ2n) is 5.87. The highest BCUT2D eigenvalue weighted by atomic mass is 15.1. The quantitative estimate of drug-likeness (QED) is 0.574. The van der Waals surface area contributed by atoms with Gasteiger partial charge in [0.25, 0.3) is 0 Å². The Hall–Kier alpha value is -3.14. The number of rotatable bonds is 3. The topological polar surface area (TPSA) is 33.4 Å². The van der Waals surface area contributed by atoms with Crippen molar-refractivity contribution in [1.29, 1.82) is 0 Å². The van der Waals surface area contributed by atoms with Gasteiger partial charge in [-0.25, -0.2) is 4.98 Å². The first-order chi connectivity index (χ1) is 11.7. The minimum atomic E-state index is 0.841. The summed E-state index contributed by atoms with van der Waals surface area (Å²) in [5.41, 5.74) is 6.19. The zero-order chi connectivity index (χ0) is 16.5. The van der Waals surface area contributed by atoms with Gasteiger partial charge >= 0.3 is 0 Å². The van der Waals surface area contributed by atoms with E-state index < -0.39 is 0 Å². The zero-order valence-electron chi connectivity index (χ0n) is 13.6. The molecule has 2 aromatic carbocycles. The van der Waals surface area contributed by atoms with Crippen LogP contribution in [0, 0.1) is 6.07 Å². The molecule has 0 bridgehead atoms. The van der Waals surface area contributed by atoms with Gasteiger partial charge in [-0.05, 0) is 18.2 Å². The highest BCUT2D eigenvalue weighted by molar-refractivity contribution is 5.68. The smallest absolute Gasteiger partial charge is 0.155 e. The summed E-state index contributed by atoms with van der Waals surface area (Å²) in [5.74, 6) is 0. The number of aromatic nitrogens is 3. The Morgan fingerprint density at radius 2 is 1.62 bits per heavy atom. The van der Waals surface area contributed by atoms with E-state index in [4.69, 9.17) is 0 Å². The van der Waals surface area contributed by atoms with Crippen molar-refractivity contribution in [2.24, 2.45) is 0 Å². The lowest BCUT2D eigenvalue weighted by Crippen LogP contribution is -2.07. The number of fused-ring (bicyclic) bond motifs is 1. The molecule has 4 nitrogen and oxygen atoms in total. The van der Waals surface area contributed by atoms with Crippen LogP contribution in [0.25, 0.3) is 28.2 Å². The molecule has 0 atom stereocenters. The van der Waals surface area contributed by atoms with Crippen molar-refractivity contribution in [3.63, 3.8) is 0 Å². The fourth-order valence-corrected chi connectivity index (χ4v) is 2.74. The van der Waals surface area contributed by atoms with Crippen molar-refractivity contribution in [1.82, 2.24) is 14.4 Å². The number of benzene rings is 2. The lowest BCUT2D eigenvalue weighted by molar-refractivity contribution is 1.12. The van der Waals surface area contributed by atoms with Crippen molar-refractivity contribution < 1.29 is 0 Å². The Bertz CT molecular complexity index is 970. The number of nitrogens with zero attached hydrogens (tertiary/aromatic N) is 4. The minimum absolute atomic E-state index is 0.841. The molecule has 0 aliphatic rings. The maximum absolute atomic E-state index is 4.52. The molecule has 117 valence electrons. The van der Waals surface area contributed by atoms with Crippen LogP contribution in [-0.2, 0) is 0 Å². The molecular formula is C20H17N4. The third kappa shape index (κ3) is 2.52. The van der Waals surface area contributed by atoms with Gasteiger partial charge in [0.15, 0.2) is 5.65 Å². The first-order valence-electron chi connectivity index (χ1n) is 7.80. The number of anilines is 1. The monoisotopic (exact) mass is 313 g/mol. The summed E-state index contributed by atoms with van der Waals surface area (Å²) >= 11 is 0. The fraction of sp³-hybridized carbons (Fsp3) is 0.100. The van der Waals surface area contributed by atoms with Crippen molar-refractivity contribution in [2.75, 3.05) is 19.0 Å². The van der Waals surface area contributed by atoms with Crippen LogP contribution in [-0.4, -0.2) is 28.5 Å². The molecular weight excluding hydrogens is 296 g/mol. The maximum atomic E-state index is 4.52. The molecule has 2 heterocycles. The summed E-state index contributed by atoms with van der Waals surface area (Å²) in [6.07, 6.45) is 5.74. The molecule has 0 amide bonds. The van der Waals surface area contributed by atoms with Crippen LogP contribution < -0.4 is 4.90 Å². The van der Waals surface area contributed by atoms with Crippen molar-refractivity contribution in [3.8, 4) is 22.5 Å². The highest BCUT2D eigenvalue weighted by Crippen LogP contribution is 2.25. The Morgan fingerprint density at radius 3 is 2.33 bits per heavy atom. The van der Waals surface area contributed by atoms with E-state index in [1.54, 1.807) is 0 Å². The molecule has 0 fully saturated rings. The van der Waals surface area contributed by atoms with Crippen LogP contribution in [0.1, 0.15) is 0 Å². The van der Waals surface area contributed by atoms with Gasteiger partial charge in [-0.3, -0.25) is 9.38 Å². The van der Waals surface area contributed by atoms with E-state index in [9.17, 15) is 0 Å². The summed E-state index contributed by atoms with van der Waals surface area (Å²) in [4.78, 5) is 11.1. The SMILES string of the molecule is CN(C)c1ccc(-c2cnc3cnc(-c4cc[c]cc4)cn23)cc1. The lowest BCUT2D eigenvalue weighted by Gasteiger charge is -2.12. The molecule has 24 heavy (non-hydrogen) atoms. The van der Waals surface area contributed by atoms with E-state index in [-0.39, 0.29) is 0 Å². The predicted octanol–water partition coefficient (Wildman–Crippen LogP) is 3.93. The average molecular weight is 313 g/mol. The molecule has 4 aromatic rings. The predicted molar refractivity (Wildman–Crippen MR) is 97.0 cm³/mol. The Morgan fingerprint density at radius 1 is 0.875 bits per heavy atom. The van der Waals surface area contributed by atoms with Gasteiger partial charge in [-0.1, -0.05) is 36.4 Å². The van der Waals surface area contributed by atoms with Crippen LogP contribution in [0.15, 0.2) is 67.1 Å². The second kappa shape index (κ2) is 5.81. The molecule has 0 spiro atoms. The zero-order valence-corrected chi connectivity index (χ0v) is 13.6. The van der Waals surface area contributed by atoms with Crippen LogP contribution in [0.4, 0.5) is 5.69 Å². The van der Waals surface area contributed by atoms with E-state index in [2.05, 4.69) is 49.6 Å². The van der Waals surface area contributed by atoms with Crippen LogP contribution in [0.5, 0.6) is 0 Å². The molecule has 0 unspecified atom stereocenters. The minimum Gasteiger partial charge on any atom is -0.378 e. The second-order valence-corrected chi connectivity index (χ2v) is 5.87. The number of hydrogen-bond acceptors (Lipinski definition) is 3. The van der Waals surface area contributed by atoms with Gasteiger partial charge in [0, 0.05) is 37.1 Å². The third-order valence-electron chi connectivity index (χ3n) is 4.09. The lowest BCUT2D eigenvalue weighted by atomic mass is 10.1. The normalized spacial score (nSPS) is 10.9. The standard InChI is InChI=1S/C20H17N4/c1-23(2)17-10-8-16(9-11-17)19-12-22-20-13-21-18(14-24(19)20)15-6-4-3-5-7-15/h4-14H,1-2H3. The van der Waals surface area contributed by atoms with Gasteiger partial charge in [-0.2, -0.15) is 0 Å². The molecule has 0 aliphatic heterocycles. The summed E-state index contributed by atoms with van der Waals surface area (Å²) < 4.78 is 2.09. The van der Waals surface area contributed by atoms with Crippen molar-refractivity contribution in [3.05, 3.63) is 73.2 Å². The van der Waals surface area contributed by atoms with Gasteiger partial charge in [0.05, 0.1) is 23.8 Å². The molecule has 4 rings (SSSR count). The molecule has 0 saturated heterocycles. The molecule has 2 aromatic heterocycles. The van der Waals surface area contributed by atoms with Crippen LogP contribution in [0.3, 0.4) is 0 Å². The number of hydrogen-bond donors (Lipinski definition) is 0. The summed E-state index contributed by atoms with van der Waals surface area (Å²) in [5, 5.41) is 0. The highest BCUT2D eigenvalue weighted by Gasteiger charge is 2.08. The summed E-state index contributed by atoms with van der Waals surface area (Å²) in [7, 11) is 4.08. The van der Waals surface area contributed by atoms with E-state index >= 15 is 0 Å². The van der Waals surface area contributed by atoms with E-state index in [0.29, 0.717) is 0 Å². The van der Waals surface area contributed by atoms with E-state index in [1.165, 1.54) is 5.69 Å². The fourth-order valence-electron chi connectivity index (χ4n) is 2.74.